The third-order valence-electron chi connectivity index (χ3n) is 4.64. The molecule has 0 amide bonds. The van der Waals surface area contributed by atoms with Gasteiger partial charge in [0.2, 0.25) is 0 Å². The molecule has 0 unspecified atom stereocenters. The first-order chi connectivity index (χ1) is 10.4. The van der Waals surface area contributed by atoms with Gasteiger partial charge >= 0.3 is 5.97 Å². The quantitative estimate of drug-likeness (QED) is 0.905. The van der Waals surface area contributed by atoms with E-state index in [-0.39, 0.29) is 5.92 Å². The van der Waals surface area contributed by atoms with Crippen LogP contribution in [0.15, 0.2) is 12.1 Å². The van der Waals surface area contributed by atoms with Gasteiger partial charge in [0, 0.05) is 6.54 Å². The van der Waals surface area contributed by atoms with Crippen molar-refractivity contribution in [3.05, 3.63) is 28.8 Å². The van der Waals surface area contributed by atoms with Gasteiger partial charge in [-0.2, -0.15) is 0 Å². The Hall–Kier alpha value is -1.55. The predicted octanol–water partition coefficient (Wildman–Crippen LogP) is 3.42. The van der Waals surface area contributed by atoms with Gasteiger partial charge < -0.3 is 9.84 Å². The van der Waals surface area contributed by atoms with Gasteiger partial charge in [-0.1, -0.05) is 19.9 Å². The van der Waals surface area contributed by atoms with Crippen LogP contribution in [0.5, 0.6) is 5.75 Å². The van der Waals surface area contributed by atoms with Gasteiger partial charge in [0.15, 0.2) is 0 Å². The Morgan fingerprint density at radius 2 is 2.00 bits per heavy atom. The van der Waals surface area contributed by atoms with Gasteiger partial charge in [0.05, 0.1) is 13.0 Å². The largest absolute Gasteiger partial charge is 0.496 e. The average molecular weight is 305 g/mol. The topological polar surface area (TPSA) is 49.8 Å². The minimum atomic E-state index is -0.651. The Balaban J connectivity index is 2.10. The normalized spacial score (nSPS) is 17.0. The Morgan fingerprint density at radius 3 is 2.50 bits per heavy atom. The van der Waals surface area contributed by atoms with E-state index in [1.165, 1.54) is 16.7 Å². The van der Waals surface area contributed by atoms with Crippen LogP contribution in [0, 0.1) is 12.8 Å². The summed E-state index contributed by atoms with van der Waals surface area (Å²) < 4.78 is 5.49. The van der Waals surface area contributed by atoms with Gasteiger partial charge in [-0.15, -0.1) is 0 Å². The molecular formula is C18H27NO3. The number of rotatable bonds is 5. The van der Waals surface area contributed by atoms with Crippen molar-refractivity contribution < 1.29 is 14.6 Å². The smallest absolute Gasteiger partial charge is 0.306 e. The van der Waals surface area contributed by atoms with Crippen molar-refractivity contribution in [2.24, 2.45) is 5.92 Å². The Labute approximate surface area is 133 Å². The van der Waals surface area contributed by atoms with Crippen LogP contribution in [0.2, 0.25) is 0 Å². The van der Waals surface area contributed by atoms with Crippen LogP contribution >= 0.6 is 0 Å². The van der Waals surface area contributed by atoms with E-state index < -0.39 is 5.97 Å². The number of hydrogen-bond donors (Lipinski definition) is 1. The number of aryl methyl sites for hydroxylation is 1. The summed E-state index contributed by atoms with van der Waals surface area (Å²) in [5, 5.41) is 9.08. The third-order valence-corrected chi connectivity index (χ3v) is 4.64. The average Bonchev–Trinajstić information content (AvgIpc) is 2.49. The Bertz CT molecular complexity index is 531. The maximum atomic E-state index is 11.0. The summed E-state index contributed by atoms with van der Waals surface area (Å²) in [6.45, 7) is 9.08. The lowest BCUT2D eigenvalue weighted by atomic mass is 9.94. The summed E-state index contributed by atoms with van der Waals surface area (Å²) in [4.78, 5) is 13.4. The van der Waals surface area contributed by atoms with E-state index in [4.69, 9.17) is 9.84 Å². The molecule has 0 aliphatic carbocycles. The number of methoxy groups -OCH3 is 1. The monoisotopic (exact) mass is 305 g/mol. The van der Waals surface area contributed by atoms with Crippen molar-refractivity contribution in [2.45, 2.75) is 46.1 Å². The van der Waals surface area contributed by atoms with E-state index in [1.54, 1.807) is 7.11 Å². The van der Waals surface area contributed by atoms with Crippen LogP contribution < -0.4 is 4.74 Å². The molecule has 1 aliphatic heterocycles. The molecule has 1 N–H and O–H groups in total. The fourth-order valence-corrected chi connectivity index (χ4v) is 3.12. The zero-order chi connectivity index (χ0) is 16.3. The van der Waals surface area contributed by atoms with Gasteiger partial charge in [-0.25, -0.2) is 0 Å². The standard InChI is InChI=1S/C18H27NO3/c1-12(2)16-10-15(13(3)9-17(16)22-4)11-19-7-5-14(6-8-19)18(20)21/h9-10,12,14H,5-8,11H2,1-4H3,(H,20,21). The molecule has 0 saturated carbocycles. The van der Waals surface area contributed by atoms with Crippen molar-refractivity contribution in [3.8, 4) is 5.75 Å². The maximum Gasteiger partial charge on any atom is 0.306 e. The summed E-state index contributed by atoms with van der Waals surface area (Å²) in [5.74, 6) is 0.565. The Kier molecular flexibility index (Phi) is 5.46. The Morgan fingerprint density at radius 1 is 1.36 bits per heavy atom. The molecule has 4 heteroatoms. The van der Waals surface area contributed by atoms with Gasteiger partial charge in [-0.05, 0) is 61.5 Å². The molecule has 4 nitrogen and oxygen atoms in total. The first kappa shape index (κ1) is 16.8. The molecule has 1 aromatic rings. The van der Waals surface area contributed by atoms with Gasteiger partial charge in [-0.3, -0.25) is 9.69 Å². The van der Waals surface area contributed by atoms with Crippen molar-refractivity contribution in [1.29, 1.82) is 0 Å². The molecule has 2 rings (SSSR count). The number of carbonyl (C=O) groups is 1. The highest BCUT2D eigenvalue weighted by Gasteiger charge is 2.24. The highest BCUT2D eigenvalue weighted by molar-refractivity contribution is 5.70. The molecule has 1 aliphatic rings. The molecule has 0 atom stereocenters. The molecule has 1 fully saturated rings. The van der Waals surface area contributed by atoms with Crippen LogP contribution in [-0.4, -0.2) is 36.2 Å². The predicted molar refractivity (Wildman–Crippen MR) is 87.5 cm³/mol. The fourth-order valence-electron chi connectivity index (χ4n) is 3.12. The summed E-state index contributed by atoms with van der Waals surface area (Å²) in [7, 11) is 1.72. The fraction of sp³-hybridized carbons (Fsp3) is 0.611. The summed E-state index contributed by atoms with van der Waals surface area (Å²) in [5.41, 5.74) is 3.79. The molecule has 22 heavy (non-hydrogen) atoms. The van der Waals surface area contributed by atoms with E-state index in [2.05, 4.69) is 37.8 Å². The molecule has 0 bridgehead atoms. The molecule has 0 aromatic heterocycles. The number of hydrogen-bond acceptors (Lipinski definition) is 3. The van der Waals surface area contributed by atoms with E-state index in [9.17, 15) is 4.79 Å². The number of carboxylic acids is 1. The minimum Gasteiger partial charge on any atom is -0.496 e. The molecule has 1 aromatic carbocycles. The second kappa shape index (κ2) is 7.14. The number of likely N-dealkylation sites (tertiary alicyclic amines) is 1. The first-order valence-corrected chi connectivity index (χ1v) is 8.05. The van der Waals surface area contributed by atoms with Crippen molar-refractivity contribution in [1.82, 2.24) is 4.90 Å². The van der Waals surface area contributed by atoms with Crippen molar-refractivity contribution in [2.75, 3.05) is 20.2 Å². The van der Waals surface area contributed by atoms with E-state index in [0.717, 1.165) is 38.2 Å². The lowest BCUT2D eigenvalue weighted by Crippen LogP contribution is -2.36. The number of ether oxygens (including phenoxy) is 1. The lowest BCUT2D eigenvalue weighted by molar-refractivity contribution is -0.143. The van der Waals surface area contributed by atoms with Crippen LogP contribution in [0.25, 0.3) is 0 Å². The first-order valence-electron chi connectivity index (χ1n) is 8.05. The molecule has 0 spiro atoms. The molecule has 1 saturated heterocycles. The number of benzene rings is 1. The van der Waals surface area contributed by atoms with Crippen LogP contribution in [-0.2, 0) is 11.3 Å². The summed E-state index contributed by atoms with van der Waals surface area (Å²) in [6.07, 6.45) is 1.50. The van der Waals surface area contributed by atoms with E-state index in [1.807, 2.05) is 0 Å². The van der Waals surface area contributed by atoms with Crippen molar-refractivity contribution in [3.63, 3.8) is 0 Å². The van der Waals surface area contributed by atoms with Crippen LogP contribution in [0.3, 0.4) is 0 Å². The second-order valence-corrected chi connectivity index (χ2v) is 6.56. The number of carboxylic acid groups (broad SMARTS) is 1. The van der Waals surface area contributed by atoms with Crippen LogP contribution in [0.1, 0.15) is 49.3 Å². The zero-order valence-corrected chi connectivity index (χ0v) is 14.1. The highest BCUT2D eigenvalue weighted by atomic mass is 16.5. The summed E-state index contributed by atoms with van der Waals surface area (Å²) in [6, 6.07) is 4.37. The van der Waals surface area contributed by atoms with E-state index >= 15 is 0 Å². The van der Waals surface area contributed by atoms with Crippen molar-refractivity contribution >= 4 is 5.97 Å². The molecule has 122 valence electrons. The highest BCUT2D eigenvalue weighted by Crippen LogP contribution is 2.30. The molecule has 0 radical (unpaired) electrons. The second-order valence-electron chi connectivity index (χ2n) is 6.56. The number of nitrogens with zero attached hydrogens (tertiary/aromatic N) is 1. The van der Waals surface area contributed by atoms with Gasteiger partial charge in [0.25, 0.3) is 0 Å². The molecule has 1 heterocycles. The lowest BCUT2D eigenvalue weighted by Gasteiger charge is -2.30. The number of aliphatic carboxylic acids is 1. The number of piperidine rings is 1. The molecular weight excluding hydrogens is 278 g/mol. The SMILES string of the molecule is COc1cc(C)c(CN2CCC(C(=O)O)CC2)cc1C(C)C. The minimum absolute atomic E-state index is 0.167. The van der Waals surface area contributed by atoms with Gasteiger partial charge in [0.1, 0.15) is 5.75 Å². The third kappa shape index (κ3) is 3.80. The maximum absolute atomic E-state index is 11.0. The summed E-state index contributed by atoms with van der Waals surface area (Å²) >= 11 is 0. The van der Waals surface area contributed by atoms with Crippen LogP contribution in [0.4, 0.5) is 0 Å². The van der Waals surface area contributed by atoms with E-state index in [0.29, 0.717) is 5.92 Å². The zero-order valence-electron chi connectivity index (χ0n) is 14.1.